The Morgan fingerprint density at radius 2 is 2.00 bits per heavy atom. The summed E-state index contributed by atoms with van der Waals surface area (Å²) < 4.78 is 13.5. The molecule has 1 amide bonds. The highest BCUT2D eigenvalue weighted by atomic mass is 32.1. The van der Waals surface area contributed by atoms with Gasteiger partial charge in [-0.1, -0.05) is 18.2 Å². The van der Waals surface area contributed by atoms with Gasteiger partial charge < -0.3 is 16.0 Å². The number of aliphatic imine (C=N–C) groups is 1. The Morgan fingerprint density at radius 1 is 1.20 bits per heavy atom. The van der Waals surface area contributed by atoms with Crippen molar-refractivity contribution in [1.29, 1.82) is 0 Å². The highest BCUT2D eigenvalue weighted by molar-refractivity contribution is 7.12. The van der Waals surface area contributed by atoms with Gasteiger partial charge in [0.05, 0.1) is 4.88 Å². The van der Waals surface area contributed by atoms with Crippen LogP contribution in [0.4, 0.5) is 4.39 Å². The molecule has 0 atom stereocenters. The molecule has 0 aliphatic heterocycles. The van der Waals surface area contributed by atoms with E-state index in [0.717, 1.165) is 16.9 Å². The average molecular weight is 362 g/mol. The summed E-state index contributed by atoms with van der Waals surface area (Å²) in [5.41, 5.74) is 1.49. The Kier molecular flexibility index (Phi) is 7.40. The third kappa shape index (κ3) is 6.19. The van der Waals surface area contributed by atoms with Crippen molar-refractivity contribution in [2.75, 3.05) is 20.1 Å². The molecule has 1 heterocycles. The van der Waals surface area contributed by atoms with Gasteiger partial charge in [0, 0.05) is 26.7 Å². The van der Waals surface area contributed by atoms with Crippen LogP contribution in [0.3, 0.4) is 0 Å². The van der Waals surface area contributed by atoms with Crippen LogP contribution in [-0.2, 0) is 6.54 Å². The van der Waals surface area contributed by atoms with E-state index in [2.05, 4.69) is 20.9 Å². The van der Waals surface area contributed by atoms with Crippen LogP contribution < -0.4 is 16.0 Å². The van der Waals surface area contributed by atoms with E-state index in [9.17, 15) is 9.18 Å². The summed E-state index contributed by atoms with van der Waals surface area (Å²) in [6.07, 6.45) is 0.775. The van der Waals surface area contributed by atoms with E-state index in [1.165, 1.54) is 17.4 Å². The maximum absolute atomic E-state index is 13.5. The van der Waals surface area contributed by atoms with Crippen LogP contribution in [0.25, 0.3) is 0 Å². The third-order valence-corrected chi connectivity index (χ3v) is 4.46. The number of nitrogens with one attached hydrogen (secondary N) is 3. The Labute approximate surface area is 151 Å². The molecule has 3 N–H and O–H groups in total. The lowest BCUT2D eigenvalue weighted by atomic mass is 10.1. The lowest BCUT2D eigenvalue weighted by molar-refractivity contribution is 0.0957. The molecule has 0 radical (unpaired) electrons. The van der Waals surface area contributed by atoms with Crippen LogP contribution in [0.15, 0.2) is 40.7 Å². The van der Waals surface area contributed by atoms with Gasteiger partial charge in [-0.3, -0.25) is 9.79 Å². The van der Waals surface area contributed by atoms with Crippen molar-refractivity contribution in [3.8, 4) is 0 Å². The van der Waals surface area contributed by atoms with E-state index >= 15 is 0 Å². The molecule has 1 aromatic carbocycles. The number of carbonyl (C=O) groups excluding carboxylic acids is 1. The predicted molar refractivity (Wildman–Crippen MR) is 101 cm³/mol. The molecular weight excluding hydrogens is 339 g/mol. The number of thiophene rings is 1. The normalized spacial score (nSPS) is 11.2. The zero-order valence-electron chi connectivity index (χ0n) is 14.4. The van der Waals surface area contributed by atoms with Gasteiger partial charge in [0.1, 0.15) is 5.82 Å². The second kappa shape index (κ2) is 9.78. The van der Waals surface area contributed by atoms with Crippen LogP contribution >= 0.6 is 11.3 Å². The van der Waals surface area contributed by atoms with E-state index in [1.807, 2.05) is 17.5 Å². The number of nitrogens with zero attached hydrogens (tertiary/aromatic N) is 1. The quantitative estimate of drug-likeness (QED) is 0.403. The molecular formula is C18H23FN4OS. The maximum Gasteiger partial charge on any atom is 0.261 e. The largest absolute Gasteiger partial charge is 0.356 e. The topological polar surface area (TPSA) is 65.5 Å². The number of halogens is 1. The maximum atomic E-state index is 13.5. The van der Waals surface area contributed by atoms with Crippen LogP contribution in [0.2, 0.25) is 0 Å². The molecule has 0 spiro atoms. The van der Waals surface area contributed by atoms with Gasteiger partial charge in [0.2, 0.25) is 0 Å². The van der Waals surface area contributed by atoms with E-state index in [1.54, 1.807) is 26.1 Å². The number of aryl methyl sites for hydroxylation is 1. The zero-order chi connectivity index (χ0) is 18.1. The highest BCUT2D eigenvalue weighted by Crippen LogP contribution is 2.09. The zero-order valence-corrected chi connectivity index (χ0v) is 15.3. The standard InChI is InChI=1S/C18H23FN4OS/c1-13-6-7-14(11-15(13)19)12-23-18(20-2)22-9-4-8-21-17(24)16-5-3-10-25-16/h3,5-7,10-11H,4,8-9,12H2,1-2H3,(H,21,24)(H2,20,22,23). The number of hydrogen-bond donors (Lipinski definition) is 3. The molecule has 134 valence electrons. The van der Waals surface area contributed by atoms with Crippen molar-refractivity contribution >= 4 is 23.2 Å². The van der Waals surface area contributed by atoms with Crippen molar-refractivity contribution in [3.63, 3.8) is 0 Å². The molecule has 25 heavy (non-hydrogen) atoms. The van der Waals surface area contributed by atoms with Crippen LogP contribution in [0.1, 0.15) is 27.2 Å². The minimum atomic E-state index is -0.205. The van der Waals surface area contributed by atoms with E-state index in [0.29, 0.717) is 31.2 Å². The van der Waals surface area contributed by atoms with E-state index in [-0.39, 0.29) is 11.7 Å². The van der Waals surface area contributed by atoms with Gasteiger partial charge in [-0.25, -0.2) is 4.39 Å². The number of amides is 1. The molecule has 0 fully saturated rings. The minimum absolute atomic E-state index is 0.0427. The Hall–Kier alpha value is -2.41. The van der Waals surface area contributed by atoms with Crippen molar-refractivity contribution in [2.24, 2.45) is 4.99 Å². The molecule has 0 aliphatic carbocycles. The predicted octanol–water partition coefficient (Wildman–Crippen LogP) is 2.68. The lowest BCUT2D eigenvalue weighted by Gasteiger charge is -2.12. The molecule has 0 unspecified atom stereocenters. The van der Waals surface area contributed by atoms with Crippen molar-refractivity contribution in [1.82, 2.24) is 16.0 Å². The second-order valence-corrected chi connectivity index (χ2v) is 6.47. The minimum Gasteiger partial charge on any atom is -0.356 e. The van der Waals surface area contributed by atoms with Gasteiger partial charge in [0.25, 0.3) is 5.91 Å². The first-order valence-electron chi connectivity index (χ1n) is 8.11. The molecule has 0 bridgehead atoms. The molecule has 1 aromatic heterocycles. The first kappa shape index (κ1) is 18.9. The summed E-state index contributed by atoms with van der Waals surface area (Å²) in [6, 6.07) is 8.84. The number of carbonyl (C=O) groups is 1. The van der Waals surface area contributed by atoms with Crippen LogP contribution in [0.5, 0.6) is 0 Å². The number of hydrogen-bond acceptors (Lipinski definition) is 3. The van der Waals surface area contributed by atoms with Gasteiger partial charge in [-0.2, -0.15) is 0 Å². The second-order valence-electron chi connectivity index (χ2n) is 5.52. The van der Waals surface area contributed by atoms with E-state index < -0.39 is 0 Å². The summed E-state index contributed by atoms with van der Waals surface area (Å²) in [5, 5.41) is 11.1. The van der Waals surface area contributed by atoms with Crippen LogP contribution in [-0.4, -0.2) is 32.0 Å². The fourth-order valence-electron chi connectivity index (χ4n) is 2.14. The molecule has 0 saturated heterocycles. The van der Waals surface area contributed by atoms with Gasteiger partial charge >= 0.3 is 0 Å². The molecule has 0 aliphatic rings. The third-order valence-electron chi connectivity index (χ3n) is 3.60. The monoisotopic (exact) mass is 362 g/mol. The summed E-state index contributed by atoms with van der Waals surface area (Å²) in [6.45, 7) is 3.49. The van der Waals surface area contributed by atoms with Crippen molar-refractivity contribution in [2.45, 2.75) is 19.9 Å². The van der Waals surface area contributed by atoms with Gasteiger partial charge in [-0.05, 0) is 42.0 Å². The Bertz CT molecular complexity index is 716. The van der Waals surface area contributed by atoms with Crippen molar-refractivity contribution < 1.29 is 9.18 Å². The first-order chi connectivity index (χ1) is 12.1. The highest BCUT2D eigenvalue weighted by Gasteiger charge is 2.05. The van der Waals surface area contributed by atoms with Gasteiger partial charge in [0.15, 0.2) is 5.96 Å². The first-order valence-corrected chi connectivity index (χ1v) is 8.99. The van der Waals surface area contributed by atoms with Gasteiger partial charge in [-0.15, -0.1) is 11.3 Å². The molecule has 5 nitrogen and oxygen atoms in total. The molecule has 7 heteroatoms. The fourth-order valence-corrected chi connectivity index (χ4v) is 2.78. The lowest BCUT2D eigenvalue weighted by Crippen LogP contribution is -2.38. The molecule has 0 saturated carbocycles. The summed E-state index contributed by atoms with van der Waals surface area (Å²) in [4.78, 5) is 16.6. The number of rotatable bonds is 7. The summed E-state index contributed by atoms with van der Waals surface area (Å²) in [5.74, 6) is 0.396. The Balaban J connectivity index is 1.65. The number of benzene rings is 1. The summed E-state index contributed by atoms with van der Waals surface area (Å²) >= 11 is 1.43. The summed E-state index contributed by atoms with van der Waals surface area (Å²) in [7, 11) is 1.68. The fraction of sp³-hybridized carbons (Fsp3) is 0.333. The average Bonchev–Trinajstić information content (AvgIpc) is 3.15. The molecule has 2 aromatic rings. The van der Waals surface area contributed by atoms with E-state index in [4.69, 9.17) is 0 Å². The van der Waals surface area contributed by atoms with Crippen LogP contribution in [0, 0.1) is 12.7 Å². The SMILES string of the molecule is CN=C(NCCCNC(=O)c1cccs1)NCc1ccc(C)c(F)c1. The molecule has 2 rings (SSSR count). The smallest absolute Gasteiger partial charge is 0.261 e. The number of guanidine groups is 1. The van der Waals surface area contributed by atoms with Crippen molar-refractivity contribution in [3.05, 3.63) is 57.5 Å². The Morgan fingerprint density at radius 3 is 2.68 bits per heavy atom.